The van der Waals surface area contributed by atoms with Gasteiger partial charge in [-0.3, -0.25) is 9.59 Å². The third kappa shape index (κ3) is 2.53. The van der Waals surface area contributed by atoms with E-state index < -0.39 is 12.0 Å². The van der Waals surface area contributed by atoms with E-state index in [9.17, 15) is 9.59 Å². The Morgan fingerprint density at radius 1 is 1.50 bits per heavy atom. The summed E-state index contributed by atoms with van der Waals surface area (Å²) in [6.07, 6.45) is -0.635. The molecule has 0 fully saturated rings. The number of anilines is 1. The molecule has 1 atom stereocenters. The van der Waals surface area contributed by atoms with Crippen LogP contribution in [0.15, 0.2) is 24.3 Å². The first-order chi connectivity index (χ1) is 8.58. The van der Waals surface area contributed by atoms with E-state index in [1.54, 1.807) is 6.07 Å². The normalized spacial score (nSPS) is 17.1. The number of rotatable bonds is 3. The van der Waals surface area contributed by atoms with Crippen LogP contribution in [0, 0.1) is 0 Å². The van der Waals surface area contributed by atoms with E-state index in [4.69, 9.17) is 10.5 Å². The number of hydrogen-bond acceptors (Lipinski definition) is 4. The first-order valence-corrected chi connectivity index (χ1v) is 5.61. The monoisotopic (exact) mass is 249 g/mol. The second-order valence-electron chi connectivity index (χ2n) is 4.14. The number of nitrogens with two attached hydrogens (primary N) is 1. The summed E-state index contributed by atoms with van der Waals surface area (Å²) in [5.41, 5.74) is 5.91. The van der Waals surface area contributed by atoms with Crippen molar-refractivity contribution in [1.29, 1.82) is 0 Å². The molecule has 96 valence electrons. The Bertz CT molecular complexity index is 475. The summed E-state index contributed by atoms with van der Waals surface area (Å²) in [7, 11) is 1.52. The lowest BCUT2D eigenvalue weighted by atomic mass is 10.2. The van der Waals surface area contributed by atoms with Crippen LogP contribution < -0.4 is 15.8 Å². The molecule has 0 bridgehead atoms. The zero-order valence-corrected chi connectivity index (χ0v) is 10.1. The Hall–Kier alpha value is -2.24. The van der Waals surface area contributed by atoms with E-state index in [1.165, 1.54) is 11.9 Å². The number of amides is 2. The highest BCUT2D eigenvalue weighted by Crippen LogP contribution is 2.28. The van der Waals surface area contributed by atoms with E-state index in [0.29, 0.717) is 12.3 Å². The minimum absolute atomic E-state index is 0.111. The van der Waals surface area contributed by atoms with Crippen LogP contribution >= 0.6 is 0 Å². The molecule has 1 unspecified atom stereocenters. The molecule has 0 saturated heterocycles. The van der Waals surface area contributed by atoms with Gasteiger partial charge in [0.2, 0.25) is 5.91 Å². The lowest BCUT2D eigenvalue weighted by Gasteiger charge is -2.29. The molecular weight excluding hydrogens is 234 g/mol. The molecule has 0 saturated carbocycles. The topological polar surface area (TPSA) is 84.7 Å². The zero-order chi connectivity index (χ0) is 13.1. The number of primary amides is 1. The van der Waals surface area contributed by atoms with Crippen LogP contribution in [0.5, 0.6) is 5.75 Å². The number of hydrogen-bond donors (Lipinski definition) is 2. The fourth-order valence-electron chi connectivity index (χ4n) is 1.81. The van der Waals surface area contributed by atoms with E-state index in [-0.39, 0.29) is 12.5 Å². The van der Waals surface area contributed by atoms with Crippen molar-refractivity contribution in [2.75, 3.05) is 25.5 Å². The molecule has 1 aromatic rings. The van der Waals surface area contributed by atoms with Gasteiger partial charge in [0.15, 0.2) is 6.10 Å². The van der Waals surface area contributed by atoms with Gasteiger partial charge in [-0.25, -0.2) is 0 Å². The molecule has 0 aromatic heterocycles. The van der Waals surface area contributed by atoms with Gasteiger partial charge < -0.3 is 20.7 Å². The number of para-hydroxylation sites is 2. The molecule has 2 rings (SSSR count). The summed E-state index contributed by atoms with van der Waals surface area (Å²) in [5.74, 6) is -0.180. The van der Waals surface area contributed by atoms with Gasteiger partial charge in [-0.1, -0.05) is 12.1 Å². The summed E-state index contributed by atoms with van der Waals surface area (Å²) in [6.45, 7) is 0.263. The lowest BCUT2D eigenvalue weighted by Crippen LogP contribution is -2.47. The smallest absolute Gasteiger partial charge is 0.265 e. The van der Waals surface area contributed by atoms with E-state index in [2.05, 4.69) is 5.32 Å². The Balaban J connectivity index is 2.04. The van der Waals surface area contributed by atoms with Crippen LogP contribution in [0.2, 0.25) is 0 Å². The molecule has 6 nitrogen and oxygen atoms in total. The molecule has 1 aromatic carbocycles. The van der Waals surface area contributed by atoms with E-state index >= 15 is 0 Å². The van der Waals surface area contributed by atoms with Crippen LogP contribution in [0.1, 0.15) is 0 Å². The Kier molecular flexibility index (Phi) is 3.36. The average molecular weight is 249 g/mol. The quantitative estimate of drug-likeness (QED) is 0.777. The van der Waals surface area contributed by atoms with Gasteiger partial charge >= 0.3 is 0 Å². The molecule has 3 N–H and O–H groups in total. The van der Waals surface area contributed by atoms with Crippen molar-refractivity contribution >= 4 is 17.5 Å². The number of nitrogens with one attached hydrogen (secondary N) is 1. The maximum atomic E-state index is 12.0. The van der Waals surface area contributed by atoms with Crippen LogP contribution in [0.3, 0.4) is 0 Å². The van der Waals surface area contributed by atoms with Crippen LogP contribution in [-0.2, 0) is 9.59 Å². The van der Waals surface area contributed by atoms with Crippen LogP contribution in [0.25, 0.3) is 0 Å². The molecule has 18 heavy (non-hydrogen) atoms. The number of benzene rings is 1. The molecule has 0 radical (unpaired) electrons. The van der Waals surface area contributed by atoms with Gasteiger partial charge in [0.25, 0.3) is 5.91 Å². The molecule has 1 aliphatic heterocycles. The van der Waals surface area contributed by atoms with Gasteiger partial charge in [-0.15, -0.1) is 0 Å². The molecule has 6 heteroatoms. The largest absolute Gasteiger partial charge is 0.477 e. The van der Waals surface area contributed by atoms with Gasteiger partial charge in [0.05, 0.1) is 18.8 Å². The molecule has 2 amide bonds. The highest BCUT2D eigenvalue weighted by atomic mass is 16.5. The highest BCUT2D eigenvalue weighted by molar-refractivity contribution is 5.87. The van der Waals surface area contributed by atoms with Gasteiger partial charge in [-0.2, -0.15) is 0 Å². The van der Waals surface area contributed by atoms with Crippen LogP contribution in [-0.4, -0.2) is 43.0 Å². The van der Waals surface area contributed by atoms with E-state index in [0.717, 1.165) is 5.69 Å². The first kappa shape index (κ1) is 12.2. The summed E-state index contributed by atoms with van der Waals surface area (Å²) in [5, 5.41) is 3.11. The minimum atomic E-state index is -0.635. The SMILES string of the molecule is CN(CC(N)=O)C(=O)C1CNc2ccccc2O1. The third-order valence-corrected chi connectivity index (χ3v) is 2.68. The van der Waals surface area contributed by atoms with Gasteiger partial charge in [-0.05, 0) is 12.1 Å². The summed E-state index contributed by atoms with van der Waals surface area (Å²) < 4.78 is 5.59. The minimum Gasteiger partial charge on any atom is -0.477 e. The lowest BCUT2D eigenvalue weighted by molar-refractivity contribution is -0.139. The van der Waals surface area contributed by atoms with E-state index in [1.807, 2.05) is 18.2 Å². The van der Waals surface area contributed by atoms with Crippen molar-refractivity contribution in [2.24, 2.45) is 5.73 Å². The van der Waals surface area contributed by atoms with Crippen molar-refractivity contribution in [1.82, 2.24) is 4.90 Å². The second kappa shape index (κ2) is 4.95. The fraction of sp³-hybridized carbons (Fsp3) is 0.333. The molecular formula is C12H15N3O3. The van der Waals surface area contributed by atoms with Crippen molar-refractivity contribution < 1.29 is 14.3 Å². The molecule has 0 spiro atoms. The van der Waals surface area contributed by atoms with Crippen LogP contribution in [0.4, 0.5) is 5.69 Å². The molecule has 1 heterocycles. The maximum absolute atomic E-state index is 12.0. The van der Waals surface area contributed by atoms with Crippen molar-refractivity contribution in [3.8, 4) is 5.75 Å². The number of nitrogens with zero attached hydrogens (tertiary/aromatic N) is 1. The summed E-state index contributed by atoms with van der Waals surface area (Å²) in [4.78, 5) is 24.0. The number of ether oxygens (including phenoxy) is 1. The number of likely N-dealkylation sites (N-methyl/N-ethyl adjacent to an activating group) is 1. The first-order valence-electron chi connectivity index (χ1n) is 5.61. The standard InChI is InChI=1S/C12H15N3O3/c1-15(7-11(13)16)12(17)10-6-14-8-4-2-3-5-9(8)18-10/h2-5,10,14H,6-7H2,1H3,(H2,13,16). The Morgan fingerprint density at radius 3 is 2.94 bits per heavy atom. The second-order valence-corrected chi connectivity index (χ2v) is 4.14. The highest BCUT2D eigenvalue weighted by Gasteiger charge is 2.28. The van der Waals surface area contributed by atoms with Gasteiger partial charge in [0, 0.05) is 7.05 Å². The zero-order valence-electron chi connectivity index (χ0n) is 10.1. The average Bonchev–Trinajstić information content (AvgIpc) is 2.36. The molecule has 1 aliphatic rings. The molecule has 0 aliphatic carbocycles. The maximum Gasteiger partial charge on any atom is 0.265 e. The number of carbonyl (C=O) groups excluding carboxylic acids is 2. The van der Waals surface area contributed by atoms with Crippen molar-refractivity contribution in [3.05, 3.63) is 24.3 Å². The Morgan fingerprint density at radius 2 is 2.22 bits per heavy atom. The van der Waals surface area contributed by atoms with Crippen molar-refractivity contribution in [2.45, 2.75) is 6.10 Å². The number of carbonyl (C=O) groups is 2. The summed E-state index contributed by atoms with van der Waals surface area (Å²) >= 11 is 0. The Labute approximate surface area is 105 Å². The summed E-state index contributed by atoms with van der Waals surface area (Å²) in [6, 6.07) is 7.38. The predicted molar refractivity (Wildman–Crippen MR) is 66.2 cm³/mol. The third-order valence-electron chi connectivity index (χ3n) is 2.68. The van der Waals surface area contributed by atoms with Crippen molar-refractivity contribution in [3.63, 3.8) is 0 Å². The fourth-order valence-corrected chi connectivity index (χ4v) is 1.81. The number of fused-ring (bicyclic) bond motifs is 1. The van der Waals surface area contributed by atoms with Gasteiger partial charge in [0.1, 0.15) is 5.75 Å². The predicted octanol–water partition coefficient (Wildman–Crippen LogP) is -0.197.